The van der Waals surface area contributed by atoms with Crippen LogP contribution in [0.15, 0.2) is 33.6 Å². The van der Waals surface area contributed by atoms with Crippen LogP contribution in [0.1, 0.15) is 17.2 Å². The molecule has 0 aromatic carbocycles. The maximum Gasteiger partial charge on any atom is 0.212 e. The number of halogens is 1. The molecule has 0 amide bonds. The molecule has 96 valence electrons. The lowest BCUT2D eigenvalue weighted by molar-refractivity contribution is 0.397. The zero-order chi connectivity index (χ0) is 13.0. The first-order chi connectivity index (χ1) is 8.74. The number of hydrazine groups is 1. The van der Waals surface area contributed by atoms with Crippen molar-refractivity contribution in [3.63, 3.8) is 0 Å². The quantitative estimate of drug-likeness (QED) is 0.654. The molecule has 2 heterocycles. The van der Waals surface area contributed by atoms with E-state index in [9.17, 15) is 0 Å². The highest BCUT2D eigenvalue weighted by atomic mass is 79.9. The van der Waals surface area contributed by atoms with Crippen LogP contribution in [-0.4, -0.2) is 12.1 Å². The molecule has 0 aliphatic carbocycles. The fourth-order valence-corrected chi connectivity index (χ4v) is 3.31. The minimum absolute atomic E-state index is 0.0702. The highest BCUT2D eigenvalue weighted by Crippen LogP contribution is 2.29. The monoisotopic (exact) mass is 327 g/mol. The Balaban J connectivity index is 2.13. The summed E-state index contributed by atoms with van der Waals surface area (Å²) in [5.41, 5.74) is 5.11. The summed E-state index contributed by atoms with van der Waals surface area (Å²) in [5, 5.41) is 4.14. The van der Waals surface area contributed by atoms with Gasteiger partial charge in [-0.25, -0.2) is 4.98 Å². The summed E-state index contributed by atoms with van der Waals surface area (Å²) in [5.74, 6) is 6.24. The number of hydrogen-bond donors (Lipinski definition) is 2. The summed E-state index contributed by atoms with van der Waals surface area (Å²) >= 11 is 5.17. The lowest BCUT2D eigenvalue weighted by Gasteiger charge is -2.15. The number of rotatable bonds is 5. The second-order valence-corrected chi connectivity index (χ2v) is 5.41. The number of ether oxygens (including phenoxy) is 1. The number of aromatic nitrogens is 1. The normalized spacial score (nSPS) is 12.4. The number of thiophene rings is 1. The minimum atomic E-state index is 0.0702. The summed E-state index contributed by atoms with van der Waals surface area (Å²) in [7, 11) is 1.61. The molecule has 0 bridgehead atoms. The van der Waals surface area contributed by atoms with Crippen LogP contribution in [0.4, 0.5) is 0 Å². The summed E-state index contributed by atoms with van der Waals surface area (Å²) in [6, 6.07) is 3.92. The Kier molecular flexibility index (Phi) is 4.71. The van der Waals surface area contributed by atoms with Crippen LogP contribution in [0.2, 0.25) is 0 Å². The second-order valence-electron chi connectivity index (χ2n) is 3.81. The Labute approximate surface area is 118 Å². The standard InChI is InChI=1S/C12H14BrN3OS/c1-17-12-3-2-8(5-15-12)4-11(16-14)9-6-18-7-10(9)13/h2-3,5-7,11,16H,4,14H2,1H3. The van der Waals surface area contributed by atoms with Crippen LogP contribution in [0.3, 0.4) is 0 Å². The molecule has 2 aromatic heterocycles. The molecule has 18 heavy (non-hydrogen) atoms. The van der Waals surface area contributed by atoms with E-state index in [0.717, 1.165) is 16.5 Å². The van der Waals surface area contributed by atoms with Crippen molar-refractivity contribution in [1.29, 1.82) is 0 Å². The minimum Gasteiger partial charge on any atom is -0.481 e. The van der Waals surface area contributed by atoms with Gasteiger partial charge in [0.15, 0.2) is 0 Å². The molecule has 0 radical (unpaired) electrons. The molecule has 2 aromatic rings. The van der Waals surface area contributed by atoms with Gasteiger partial charge in [0.25, 0.3) is 0 Å². The summed E-state index contributed by atoms with van der Waals surface area (Å²) < 4.78 is 6.12. The molecular formula is C12H14BrN3OS. The Hall–Kier alpha value is -0.950. The lowest BCUT2D eigenvalue weighted by Crippen LogP contribution is -2.29. The van der Waals surface area contributed by atoms with E-state index in [1.54, 1.807) is 18.4 Å². The largest absolute Gasteiger partial charge is 0.481 e. The van der Waals surface area contributed by atoms with E-state index >= 15 is 0 Å². The number of nitrogens with one attached hydrogen (secondary N) is 1. The summed E-state index contributed by atoms with van der Waals surface area (Å²) in [6.45, 7) is 0. The van der Waals surface area contributed by atoms with Gasteiger partial charge in [-0.3, -0.25) is 11.3 Å². The molecule has 0 saturated heterocycles. The number of nitrogens with zero attached hydrogens (tertiary/aromatic N) is 1. The van der Waals surface area contributed by atoms with Crippen LogP contribution < -0.4 is 16.0 Å². The first kappa shape index (κ1) is 13.5. The van der Waals surface area contributed by atoms with Crippen molar-refractivity contribution in [2.24, 2.45) is 5.84 Å². The first-order valence-electron chi connectivity index (χ1n) is 5.41. The average molecular weight is 328 g/mol. The zero-order valence-electron chi connectivity index (χ0n) is 9.89. The molecule has 0 aliphatic rings. The highest BCUT2D eigenvalue weighted by molar-refractivity contribution is 9.10. The van der Waals surface area contributed by atoms with Gasteiger partial charge in [0.2, 0.25) is 5.88 Å². The smallest absolute Gasteiger partial charge is 0.212 e. The van der Waals surface area contributed by atoms with Gasteiger partial charge >= 0.3 is 0 Å². The van der Waals surface area contributed by atoms with E-state index < -0.39 is 0 Å². The molecule has 1 unspecified atom stereocenters. The molecule has 0 spiro atoms. The van der Waals surface area contributed by atoms with Crippen molar-refractivity contribution in [3.05, 3.63) is 44.7 Å². The second kappa shape index (κ2) is 6.29. The van der Waals surface area contributed by atoms with E-state index in [1.165, 1.54) is 5.56 Å². The van der Waals surface area contributed by atoms with E-state index in [0.29, 0.717) is 5.88 Å². The molecule has 1 atom stereocenters. The van der Waals surface area contributed by atoms with Gasteiger partial charge in [-0.05, 0) is 38.9 Å². The van der Waals surface area contributed by atoms with Crippen molar-refractivity contribution >= 4 is 27.3 Å². The van der Waals surface area contributed by atoms with Crippen LogP contribution in [0.25, 0.3) is 0 Å². The first-order valence-corrected chi connectivity index (χ1v) is 7.14. The number of methoxy groups -OCH3 is 1. The van der Waals surface area contributed by atoms with Crippen molar-refractivity contribution < 1.29 is 4.74 Å². The van der Waals surface area contributed by atoms with Crippen LogP contribution in [0.5, 0.6) is 5.88 Å². The summed E-state index contributed by atoms with van der Waals surface area (Å²) in [6.07, 6.45) is 2.59. The number of pyridine rings is 1. The van der Waals surface area contributed by atoms with Crippen LogP contribution in [0, 0.1) is 0 Å². The van der Waals surface area contributed by atoms with Gasteiger partial charge in [-0.2, -0.15) is 11.3 Å². The van der Waals surface area contributed by atoms with Gasteiger partial charge in [0.1, 0.15) is 0 Å². The van der Waals surface area contributed by atoms with Crippen molar-refractivity contribution in [2.45, 2.75) is 12.5 Å². The van der Waals surface area contributed by atoms with E-state index in [4.69, 9.17) is 10.6 Å². The maximum atomic E-state index is 5.63. The third-order valence-electron chi connectivity index (χ3n) is 2.67. The molecule has 3 N–H and O–H groups in total. The number of hydrogen-bond acceptors (Lipinski definition) is 5. The van der Waals surface area contributed by atoms with Gasteiger partial charge in [-0.15, -0.1) is 0 Å². The van der Waals surface area contributed by atoms with E-state index in [2.05, 4.69) is 31.7 Å². The van der Waals surface area contributed by atoms with Crippen LogP contribution in [-0.2, 0) is 6.42 Å². The number of nitrogens with two attached hydrogens (primary N) is 1. The Morgan fingerprint density at radius 1 is 1.50 bits per heavy atom. The van der Waals surface area contributed by atoms with Crippen molar-refractivity contribution in [3.8, 4) is 5.88 Å². The topological polar surface area (TPSA) is 60.2 Å². The van der Waals surface area contributed by atoms with Crippen LogP contribution >= 0.6 is 27.3 Å². The third-order valence-corrected chi connectivity index (χ3v) is 4.42. The van der Waals surface area contributed by atoms with Gasteiger partial charge in [0.05, 0.1) is 13.2 Å². The van der Waals surface area contributed by atoms with Gasteiger partial charge in [0, 0.05) is 22.1 Å². The molecule has 4 nitrogen and oxygen atoms in total. The Bertz CT molecular complexity index is 500. The molecule has 6 heteroatoms. The van der Waals surface area contributed by atoms with Crippen molar-refractivity contribution in [1.82, 2.24) is 10.4 Å². The van der Waals surface area contributed by atoms with Crippen molar-refractivity contribution in [2.75, 3.05) is 7.11 Å². The lowest BCUT2D eigenvalue weighted by atomic mass is 10.0. The predicted octanol–water partition coefficient (Wildman–Crippen LogP) is 2.66. The van der Waals surface area contributed by atoms with E-state index in [-0.39, 0.29) is 6.04 Å². The summed E-state index contributed by atoms with van der Waals surface area (Å²) in [4.78, 5) is 4.19. The van der Waals surface area contributed by atoms with Gasteiger partial charge < -0.3 is 4.74 Å². The van der Waals surface area contributed by atoms with E-state index in [1.807, 2.05) is 23.7 Å². The Morgan fingerprint density at radius 3 is 2.83 bits per heavy atom. The average Bonchev–Trinajstić information content (AvgIpc) is 2.83. The molecule has 0 saturated carbocycles. The Morgan fingerprint density at radius 2 is 2.33 bits per heavy atom. The maximum absolute atomic E-state index is 5.63. The molecular weight excluding hydrogens is 314 g/mol. The third kappa shape index (κ3) is 3.08. The zero-order valence-corrected chi connectivity index (χ0v) is 12.3. The molecule has 0 fully saturated rings. The fraction of sp³-hybridized carbons (Fsp3) is 0.250. The SMILES string of the molecule is COc1ccc(CC(NN)c2cscc2Br)cn1. The fourth-order valence-electron chi connectivity index (χ4n) is 1.69. The highest BCUT2D eigenvalue weighted by Gasteiger charge is 2.14. The predicted molar refractivity (Wildman–Crippen MR) is 76.6 cm³/mol. The molecule has 2 rings (SSSR count). The van der Waals surface area contributed by atoms with Gasteiger partial charge in [-0.1, -0.05) is 6.07 Å². The molecule has 0 aliphatic heterocycles.